The lowest BCUT2D eigenvalue weighted by atomic mass is 10.2. The van der Waals surface area contributed by atoms with Gasteiger partial charge in [0.25, 0.3) is 5.78 Å². The Balaban J connectivity index is 4.45. The number of Topliss-reactive ketones (excluding diaryl/α,β-unsaturated/α-hetero) is 1. The summed E-state index contributed by atoms with van der Waals surface area (Å²) in [5.74, 6) is -0.560. The maximum atomic E-state index is 10.5. The summed E-state index contributed by atoms with van der Waals surface area (Å²) in [5, 5.41) is 8.06. The van der Waals surface area contributed by atoms with E-state index in [0.29, 0.717) is 11.3 Å². The molecule has 0 rings (SSSR count). The molecular formula is C6H8N2O. The SMILES string of the molecule is CC(N)=C(C)C(=O)C#N. The lowest BCUT2D eigenvalue weighted by molar-refractivity contribution is -0.110. The van der Waals surface area contributed by atoms with Crippen molar-refractivity contribution in [2.24, 2.45) is 5.73 Å². The Labute approximate surface area is 53.8 Å². The highest BCUT2D eigenvalue weighted by molar-refractivity contribution is 6.06. The zero-order valence-electron chi connectivity index (χ0n) is 5.43. The minimum Gasteiger partial charge on any atom is -0.402 e. The molecule has 0 saturated carbocycles. The summed E-state index contributed by atoms with van der Waals surface area (Å²) in [6, 6.07) is 1.47. The van der Waals surface area contributed by atoms with E-state index in [2.05, 4.69) is 0 Å². The monoisotopic (exact) mass is 124 g/mol. The molecule has 0 radical (unpaired) electrons. The van der Waals surface area contributed by atoms with Gasteiger partial charge in [-0.25, -0.2) is 0 Å². The molecule has 0 aliphatic carbocycles. The van der Waals surface area contributed by atoms with Crippen molar-refractivity contribution in [2.45, 2.75) is 13.8 Å². The molecule has 0 atom stereocenters. The normalized spacial score (nSPS) is 11.7. The molecule has 0 bridgehead atoms. The van der Waals surface area contributed by atoms with Crippen molar-refractivity contribution in [1.29, 1.82) is 5.26 Å². The van der Waals surface area contributed by atoms with Crippen molar-refractivity contribution in [1.82, 2.24) is 0 Å². The minimum atomic E-state index is -0.560. The van der Waals surface area contributed by atoms with Gasteiger partial charge in [0.05, 0.1) is 0 Å². The molecule has 9 heavy (non-hydrogen) atoms. The molecule has 0 aliphatic rings. The quantitative estimate of drug-likeness (QED) is 0.404. The number of hydrogen-bond donors (Lipinski definition) is 1. The fourth-order valence-electron chi connectivity index (χ4n) is 0.263. The first-order valence-corrected chi connectivity index (χ1v) is 2.47. The third kappa shape index (κ3) is 1.96. The Morgan fingerprint density at radius 3 is 2.11 bits per heavy atom. The van der Waals surface area contributed by atoms with Crippen LogP contribution in [0.25, 0.3) is 0 Å². The van der Waals surface area contributed by atoms with E-state index in [4.69, 9.17) is 11.0 Å². The third-order valence-electron chi connectivity index (χ3n) is 1.03. The van der Waals surface area contributed by atoms with Crippen LogP contribution >= 0.6 is 0 Å². The summed E-state index contributed by atoms with van der Waals surface area (Å²) in [4.78, 5) is 10.5. The number of nitrogens with zero attached hydrogens (tertiary/aromatic N) is 1. The first-order chi connectivity index (χ1) is 4.09. The standard InChI is InChI=1S/C6H8N2O/c1-4(5(2)8)6(9)3-7/h8H2,1-2H3. The van der Waals surface area contributed by atoms with Gasteiger partial charge < -0.3 is 5.73 Å². The molecule has 0 aromatic rings. The Bertz CT molecular complexity index is 194. The molecule has 0 unspecified atom stereocenters. The number of rotatable bonds is 1. The summed E-state index contributed by atoms with van der Waals surface area (Å²) in [7, 11) is 0. The summed E-state index contributed by atoms with van der Waals surface area (Å²) < 4.78 is 0. The highest BCUT2D eigenvalue weighted by Crippen LogP contribution is 1.96. The van der Waals surface area contributed by atoms with Gasteiger partial charge in [-0.15, -0.1) is 0 Å². The maximum Gasteiger partial charge on any atom is 0.259 e. The number of ketones is 1. The molecular weight excluding hydrogens is 116 g/mol. The fourth-order valence-corrected chi connectivity index (χ4v) is 0.263. The van der Waals surface area contributed by atoms with E-state index in [1.54, 1.807) is 6.92 Å². The predicted octanol–water partition coefficient (Wildman–Crippen LogP) is 0.332. The van der Waals surface area contributed by atoms with Crippen LogP contribution in [0.2, 0.25) is 0 Å². The van der Waals surface area contributed by atoms with Crippen LogP contribution in [0.3, 0.4) is 0 Å². The third-order valence-corrected chi connectivity index (χ3v) is 1.03. The highest BCUT2D eigenvalue weighted by atomic mass is 16.1. The number of carbonyl (C=O) groups excluding carboxylic acids is 1. The number of carbonyl (C=O) groups is 1. The van der Waals surface area contributed by atoms with Crippen molar-refractivity contribution >= 4 is 5.78 Å². The van der Waals surface area contributed by atoms with E-state index in [-0.39, 0.29) is 0 Å². The number of nitriles is 1. The second-order valence-electron chi connectivity index (χ2n) is 1.75. The summed E-state index contributed by atoms with van der Waals surface area (Å²) >= 11 is 0. The van der Waals surface area contributed by atoms with E-state index in [0.717, 1.165) is 0 Å². The first kappa shape index (κ1) is 7.70. The van der Waals surface area contributed by atoms with Gasteiger partial charge in [0.2, 0.25) is 0 Å². The van der Waals surface area contributed by atoms with Crippen LogP contribution in [-0.4, -0.2) is 5.78 Å². The van der Waals surface area contributed by atoms with Crippen molar-refractivity contribution < 1.29 is 4.79 Å². The average Bonchev–Trinajstić information content (AvgIpc) is 1.84. The van der Waals surface area contributed by atoms with Crippen LogP contribution in [-0.2, 0) is 4.79 Å². The minimum absolute atomic E-state index is 0.331. The van der Waals surface area contributed by atoms with Gasteiger partial charge in [-0.05, 0) is 13.8 Å². The molecule has 3 nitrogen and oxygen atoms in total. The van der Waals surface area contributed by atoms with E-state index >= 15 is 0 Å². The molecule has 0 fully saturated rings. The van der Waals surface area contributed by atoms with Crippen LogP contribution in [0.4, 0.5) is 0 Å². The molecule has 0 saturated heterocycles. The number of allylic oxidation sites excluding steroid dienone is 2. The molecule has 3 heteroatoms. The van der Waals surface area contributed by atoms with Crippen LogP contribution in [0.1, 0.15) is 13.8 Å². The van der Waals surface area contributed by atoms with Gasteiger partial charge >= 0.3 is 0 Å². The predicted molar refractivity (Wildman–Crippen MR) is 33.2 cm³/mol. The van der Waals surface area contributed by atoms with Gasteiger partial charge in [0.1, 0.15) is 6.07 Å². The van der Waals surface area contributed by atoms with Gasteiger partial charge in [-0.3, -0.25) is 4.79 Å². The van der Waals surface area contributed by atoms with Crippen LogP contribution in [0, 0.1) is 11.3 Å². The van der Waals surface area contributed by atoms with Crippen molar-refractivity contribution in [3.63, 3.8) is 0 Å². The van der Waals surface area contributed by atoms with E-state index < -0.39 is 5.78 Å². The Morgan fingerprint density at radius 2 is 2.00 bits per heavy atom. The summed E-state index contributed by atoms with van der Waals surface area (Å²) in [6.45, 7) is 3.12. The Morgan fingerprint density at radius 1 is 1.56 bits per heavy atom. The molecule has 0 aliphatic heterocycles. The molecule has 0 heterocycles. The van der Waals surface area contributed by atoms with Gasteiger partial charge in [0, 0.05) is 11.3 Å². The zero-order chi connectivity index (χ0) is 7.44. The number of hydrogen-bond acceptors (Lipinski definition) is 3. The van der Waals surface area contributed by atoms with Crippen LogP contribution < -0.4 is 5.73 Å². The second kappa shape index (κ2) is 2.88. The number of nitrogens with two attached hydrogens (primary N) is 1. The zero-order valence-corrected chi connectivity index (χ0v) is 5.43. The molecule has 48 valence electrons. The molecule has 0 aromatic heterocycles. The lowest BCUT2D eigenvalue weighted by Gasteiger charge is -1.92. The first-order valence-electron chi connectivity index (χ1n) is 2.47. The molecule has 0 spiro atoms. The van der Waals surface area contributed by atoms with Crippen molar-refractivity contribution in [3.8, 4) is 6.07 Å². The highest BCUT2D eigenvalue weighted by Gasteiger charge is 2.02. The summed E-state index contributed by atoms with van der Waals surface area (Å²) in [5.41, 5.74) is 5.96. The van der Waals surface area contributed by atoms with E-state index in [9.17, 15) is 4.79 Å². The van der Waals surface area contributed by atoms with Gasteiger partial charge in [-0.1, -0.05) is 0 Å². The van der Waals surface area contributed by atoms with Crippen LogP contribution in [0.15, 0.2) is 11.3 Å². The average molecular weight is 124 g/mol. The lowest BCUT2D eigenvalue weighted by Crippen LogP contribution is -2.03. The van der Waals surface area contributed by atoms with Crippen molar-refractivity contribution in [2.75, 3.05) is 0 Å². The van der Waals surface area contributed by atoms with Crippen LogP contribution in [0.5, 0.6) is 0 Å². The van der Waals surface area contributed by atoms with E-state index in [1.165, 1.54) is 13.0 Å². The smallest absolute Gasteiger partial charge is 0.259 e. The van der Waals surface area contributed by atoms with Gasteiger partial charge in [-0.2, -0.15) is 5.26 Å². The largest absolute Gasteiger partial charge is 0.402 e. The van der Waals surface area contributed by atoms with Gasteiger partial charge in [0.15, 0.2) is 0 Å². The Kier molecular flexibility index (Phi) is 2.46. The second-order valence-corrected chi connectivity index (χ2v) is 1.75. The van der Waals surface area contributed by atoms with E-state index in [1.807, 2.05) is 0 Å². The summed E-state index contributed by atoms with van der Waals surface area (Å²) in [6.07, 6.45) is 0. The topological polar surface area (TPSA) is 66.9 Å². The fraction of sp³-hybridized carbons (Fsp3) is 0.333. The maximum absolute atomic E-state index is 10.5. The van der Waals surface area contributed by atoms with Crippen molar-refractivity contribution in [3.05, 3.63) is 11.3 Å². The molecule has 2 N–H and O–H groups in total. The molecule has 0 amide bonds. The Hall–Kier alpha value is -1.30. The molecule has 0 aromatic carbocycles.